The molecule has 0 amide bonds. The van der Waals surface area contributed by atoms with Crippen LogP contribution in [-0.4, -0.2) is 71.9 Å². The molecule has 17 nitrogen and oxygen atoms in total. The van der Waals surface area contributed by atoms with Crippen LogP contribution in [0.3, 0.4) is 0 Å². The summed E-state index contributed by atoms with van der Waals surface area (Å²) in [5.74, 6) is -0.670. The molecule has 0 saturated carbocycles. The molecule has 18 heteroatoms. The van der Waals surface area contributed by atoms with Crippen LogP contribution in [0, 0.1) is 34.1 Å². The molecule has 4 rings (SSSR count). The maximum atomic E-state index is 13.4. The highest BCUT2D eigenvalue weighted by Crippen LogP contribution is 2.29. The molecule has 0 spiro atoms. The van der Waals surface area contributed by atoms with Crippen molar-refractivity contribution in [3.05, 3.63) is 89.9 Å². The summed E-state index contributed by atoms with van der Waals surface area (Å²) in [6.07, 6.45) is 0.736. The van der Waals surface area contributed by atoms with Gasteiger partial charge in [-0.2, -0.15) is 4.31 Å². The molecule has 1 fully saturated rings. The second kappa shape index (κ2) is 13.2. The topological polar surface area (TPSA) is 226 Å². The van der Waals surface area contributed by atoms with E-state index in [1.54, 1.807) is 13.8 Å². The van der Waals surface area contributed by atoms with Gasteiger partial charge in [-0.25, -0.2) is 13.2 Å². The average molecular weight is 636 g/mol. The van der Waals surface area contributed by atoms with Gasteiger partial charge in [0.05, 0.1) is 10.5 Å². The van der Waals surface area contributed by atoms with E-state index in [1.165, 1.54) is 46.9 Å². The van der Waals surface area contributed by atoms with Gasteiger partial charge in [-0.1, -0.05) is 6.07 Å². The second-order valence-corrected chi connectivity index (χ2v) is 11.9. The number of aromatic nitrogens is 1. The number of sulfonamides is 1. The molecule has 0 bridgehead atoms. The number of nitrogens with zero attached hydrogens (tertiary/aromatic N) is 4. The van der Waals surface area contributed by atoms with Crippen molar-refractivity contribution in [2.75, 3.05) is 26.3 Å². The zero-order chi connectivity index (χ0) is 32.2. The fourth-order valence-electron chi connectivity index (χ4n) is 4.79. The van der Waals surface area contributed by atoms with Crippen molar-refractivity contribution in [1.29, 1.82) is 0 Å². The first-order valence-electron chi connectivity index (χ1n) is 13.2. The van der Waals surface area contributed by atoms with E-state index in [9.17, 15) is 38.2 Å². The molecule has 0 radical (unpaired) electrons. The fraction of sp³-hybridized carbons (Fsp3) is 0.385. The molecule has 1 saturated heterocycles. The third-order valence-corrected chi connectivity index (χ3v) is 8.76. The SMILES string of the molecule is Cc1cc(OC(CO[N+](=O)[O-])CO[N+](=O)[O-])ccc1C(=O)OCn1cc(C)c2c(S(=O)(=O)N3CC[C@H](N)C3)cccc2c1=O. The highest BCUT2D eigenvalue weighted by molar-refractivity contribution is 7.89. The maximum absolute atomic E-state index is 13.4. The number of pyridine rings is 1. The number of nitrogens with two attached hydrogens (primary N) is 1. The van der Waals surface area contributed by atoms with Crippen LogP contribution in [0.25, 0.3) is 10.8 Å². The number of carbonyl (C=O) groups is 1. The molecule has 3 aromatic rings. The van der Waals surface area contributed by atoms with Crippen molar-refractivity contribution < 1.29 is 42.5 Å². The van der Waals surface area contributed by atoms with Gasteiger partial charge in [-0.3, -0.25) is 9.36 Å². The first kappa shape index (κ1) is 32.1. The lowest BCUT2D eigenvalue weighted by molar-refractivity contribution is -0.768. The number of rotatable bonds is 13. The summed E-state index contributed by atoms with van der Waals surface area (Å²) in [7, 11) is -3.91. The predicted octanol–water partition coefficient (Wildman–Crippen LogP) is 1.32. The van der Waals surface area contributed by atoms with Crippen LogP contribution in [0.15, 0.2) is 52.3 Å². The van der Waals surface area contributed by atoms with Crippen LogP contribution in [0.2, 0.25) is 0 Å². The summed E-state index contributed by atoms with van der Waals surface area (Å²) < 4.78 is 40.1. The van der Waals surface area contributed by atoms with Crippen molar-refractivity contribution in [3.8, 4) is 5.75 Å². The van der Waals surface area contributed by atoms with E-state index in [4.69, 9.17) is 15.2 Å². The molecule has 44 heavy (non-hydrogen) atoms. The van der Waals surface area contributed by atoms with Crippen molar-refractivity contribution in [3.63, 3.8) is 0 Å². The monoisotopic (exact) mass is 635 g/mol. The summed E-state index contributed by atoms with van der Waals surface area (Å²) in [6, 6.07) is 8.26. The van der Waals surface area contributed by atoms with E-state index in [2.05, 4.69) is 9.68 Å². The number of ether oxygens (including phenoxy) is 2. The smallest absolute Gasteiger partial charge is 0.340 e. The van der Waals surface area contributed by atoms with Crippen LogP contribution in [0.5, 0.6) is 5.75 Å². The first-order valence-corrected chi connectivity index (χ1v) is 14.6. The molecule has 1 atom stereocenters. The summed E-state index contributed by atoms with van der Waals surface area (Å²) >= 11 is 0. The third kappa shape index (κ3) is 7.21. The minimum absolute atomic E-state index is 0.00194. The van der Waals surface area contributed by atoms with Gasteiger partial charge >= 0.3 is 5.97 Å². The van der Waals surface area contributed by atoms with Crippen LogP contribution in [0.1, 0.15) is 27.9 Å². The van der Waals surface area contributed by atoms with Gasteiger partial charge in [0.2, 0.25) is 10.0 Å². The summed E-state index contributed by atoms with van der Waals surface area (Å²) in [5, 5.41) is 19.3. The van der Waals surface area contributed by atoms with Gasteiger partial charge < -0.3 is 24.9 Å². The molecule has 1 aliphatic heterocycles. The summed E-state index contributed by atoms with van der Waals surface area (Å²) in [5.41, 5.74) is 6.30. The van der Waals surface area contributed by atoms with E-state index in [0.29, 0.717) is 17.5 Å². The van der Waals surface area contributed by atoms with Gasteiger partial charge in [0.25, 0.3) is 15.7 Å². The number of hydrogen-bond acceptors (Lipinski definition) is 13. The Morgan fingerprint density at radius 3 is 2.36 bits per heavy atom. The summed E-state index contributed by atoms with van der Waals surface area (Å²) in [6.45, 7) is 1.91. The Balaban J connectivity index is 1.50. The zero-order valence-electron chi connectivity index (χ0n) is 23.6. The molecular weight excluding hydrogens is 606 g/mol. The van der Waals surface area contributed by atoms with Crippen molar-refractivity contribution in [2.24, 2.45) is 5.73 Å². The predicted molar refractivity (Wildman–Crippen MR) is 151 cm³/mol. The number of benzene rings is 2. The molecule has 2 N–H and O–H groups in total. The quantitative estimate of drug-likeness (QED) is 0.159. The Kier molecular flexibility index (Phi) is 9.65. The van der Waals surface area contributed by atoms with E-state index in [1.807, 2.05) is 0 Å². The van der Waals surface area contributed by atoms with Crippen LogP contribution < -0.4 is 16.0 Å². The maximum Gasteiger partial charge on any atom is 0.340 e. The van der Waals surface area contributed by atoms with Gasteiger partial charge in [-0.05, 0) is 61.7 Å². The third-order valence-electron chi connectivity index (χ3n) is 6.85. The first-order chi connectivity index (χ1) is 20.8. The van der Waals surface area contributed by atoms with Gasteiger partial charge in [-0.15, -0.1) is 20.2 Å². The number of aryl methyl sites for hydroxylation is 2. The van der Waals surface area contributed by atoms with E-state index < -0.39 is 57.8 Å². The molecule has 1 aromatic heterocycles. The highest BCUT2D eigenvalue weighted by atomic mass is 32.2. The summed E-state index contributed by atoms with van der Waals surface area (Å²) in [4.78, 5) is 55.6. The molecule has 2 aromatic carbocycles. The Hall–Kier alpha value is -4.81. The van der Waals surface area contributed by atoms with Crippen LogP contribution >= 0.6 is 0 Å². The second-order valence-electron chi connectivity index (χ2n) is 9.99. The lowest BCUT2D eigenvalue weighted by Crippen LogP contribution is -2.32. The normalized spacial score (nSPS) is 15.3. The Morgan fingerprint density at radius 2 is 1.77 bits per heavy atom. The van der Waals surface area contributed by atoms with Crippen LogP contribution in [-0.2, 0) is 31.2 Å². The number of esters is 1. The van der Waals surface area contributed by atoms with Crippen molar-refractivity contribution in [2.45, 2.75) is 44.0 Å². The lowest BCUT2D eigenvalue weighted by Gasteiger charge is -2.19. The molecule has 236 valence electrons. The Morgan fingerprint density at radius 1 is 1.09 bits per heavy atom. The fourth-order valence-corrected chi connectivity index (χ4v) is 6.58. The van der Waals surface area contributed by atoms with E-state index in [-0.39, 0.29) is 46.1 Å². The lowest BCUT2D eigenvalue weighted by atomic mass is 10.1. The average Bonchev–Trinajstić information content (AvgIpc) is 3.42. The number of fused-ring (bicyclic) bond motifs is 1. The molecule has 0 aliphatic carbocycles. The minimum Gasteiger partial charge on any atom is -0.486 e. The Bertz CT molecular complexity index is 1740. The largest absolute Gasteiger partial charge is 0.486 e. The zero-order valence-corrected chi connectivity index (χ0v) is 24.4. The Labute approximate surface area is 249 Å². The molecule has 1 aliphatic rings. The van der Waals surface area contributed by atoms with Gasteiger partial charge in [0.15, 0.2) is 6.73 Å². The molecule has 2 heterocycles. The highest BCUT2D eigenvalue weighted by Gasteiger charge is 2.32. The molecular formula is C26H29N5O12S. The minimum atomic E-state index is -3.91. The van der Waals surface area contributed by atoms with Crippen molar-refractivity contribution >= 4 is 26.8 Å². The van der Waals surface area contributed by atoms with Crippen LogP contribution in [0.4, 0.5) is 0 Å². The van der Waals surface area contributed by atoms with E-state index >= 15 is 0 Å². The van der Waals surface area contributed by atoms with Gasteiger partial charge in [0.1, 0.15) is 25.1 Å². The number of hydrogen-bond donors (Lipinski definition) is 1. The van der Waals surface area contributed by atoms with E-state index in [0.717, 1.165) is 4.57 Å². The van der Waals surface area contributed by atoms with Crippen molar-refractivity contribution in [1.82, 2.24) is 8.87 Å². The number of carbonyl (C=O) groups excluding carboxylic acids is 1. The standard InChI is InChI=1S/C26H29N5O12S/c1-16-10-19(43-20(13-41-30(34)35)14-42-31(36)37)6-7-21(16)26(33)40-15-28-11-17(2)24-22(25(28)32)4-3-5-23(24)44(38,39)29-9-8-18(27)12-29/h3-7,10-11,18,20H,8-9,12-15,27H2,1-2H3/t18-/m0/s1. The van der Waals surface area contributed by atoms with Gasteiger partial charge in [0, 0.05) is 36.1 Å². The molecule has 0 unspecified atom stereocenters.